The lowest BCUT2D eigenvalue weighted by Crippen LogP contribution is -2.32. The van der Waals surface area contributed by atoms with Gasteiger partial charge in [0.2, 0.25) is 17.7 Å². The van der Waals surface area contributed by atoms with Crippen LogP contribution in [0.3, 0.4) is 0 Å². The van der Waals surface area contributed by atoms with Crippen LogP contribution in [0.1, 0.15) is 26.2 Å². The van der Waals surface area contributed by atoms with E-state index in [9.17, 15) is 18.8 Å². The Morgan fingerprint density at radius 2 is 2.00 bits per heavy atom. The maximum atomic E-state index is 13.2. The van der Waals surface area contributed by atoms with Gasteiger partial charge in [-0.3, -0.25) is 19.3 Å². The van der Waals surface area contributed by atoms with E-state index in [0.717, 1.165) is 4.90 Å². The predicted molar refractivity (Wildman–Crippen MR) is 76.8 cm³/mol. The second kappa shape index (κ2) is 7.02. The van der Waals surface area contributed by atoms with Crippen LogP contribution in [0.4, 0.5) is 10.1 Å². The van der Waals surface area contributed by atoms with Gasteiger partial charge in [-0.25, -0.2) is 4.39 Å². The molecule has 1 aliphatic rings. The first-order chi connectivity index (χ1) is 10.5. The summed E-state index contributed by atoms with van der Waals surface area (Å²) in [5.74, 6) is -1.11. The van der Waals surface area contributed by atoms with Gasteiger partial charge in [0.1, 0.15) is 11.6 Å². The molecule has 0 aromatic heterocycles. The van der Waals surface area contributed by atoms with E-state index >= 15 is 0 Å². The molecule has 118 valence electrons. The van der Waals surface area contributed by atoms with Crippen LogP contribution in [0, 0.1) is 5.82 Å². The van der Waals surface area contributed by atoms with Crippen molar-refractivity contribution in [2.45, 2.75) is 26.2 Å². The van der Waals surface area contributed by atoms with Gasteiger partial charge in [-0.05, 0) is 19.1 Å². The summed E-state index contributed by atoms with van der Waals surface area (Å²) in [6, 6.07) is 3.81. The van der Waals surface area contributed by atoms with Gasteiger partial charge >= 0.3 is 0 Å². The predicted octanol–water partition coefficient (Wildman–Crippen LogP) is 1.70. The molecule has 1 N–H and O–H groups in total. The van der Waals surface area contributed by atoms with Crippen LogP contribution in [0.25, 0.3) is 0 Å². The number of hydrogen-bond donors (Lipinski definition) is 1. The number of hydrogen-bond acceptors (Lipinski definition) is 4. The van der Waals surface area contributed by atoms with Gasteiger partial charge in [0, 0.05) is 31.9 Å². The van der Waals surface area contributed by atoms with E-state index in [4.69, 9.17) is 4.74 Å². The highest BCUT2D eigenvalue weighted by Gasteiger charge is 2.28. The third kappa shape index (κ3) is 3.81. The molecule has 0 bridgehead atoms. The Hall–Kier alpha value is -2.44. The van der Waals surface area contributed by atoms with Crippen LogP contribution >= 0.6 is 0 Å². The Morgan fingerprint density at radius 1 is 1.32 bits per heavy atom. The molecular weight excluding hydrogens is 291 g/mol. The van der Waals surface area contributed by atoms with E-state index in [1.54, 1.807) is 6.92 Å². The Kier molecular flexibility index (Phi) is 5.08. The van der Waals surface area contributed by atoms with Crippen molar-refractivity contribution in [2.75, 3.05) is 18.5 Å². The number of nitrogens with zero attached hydrogens (tertiary/aromatic N) is 1. The van der Waals surface area contributed by atoms with Gasteiger partial charge in [-0.15, -0.1) is 0 Å². The summed E-state index contributed by atoms with van der Waals surface area (Å²) in [5, 5.41) is 2.60. The summed E-state index contributed by atoms with van der Waals surface area (Å²) >= 11 is 0. The van der Waals surface area contributed by atoms with Gasteiger partial charge in [-0.1, -0.05) is 0 Å². The molecule has 0 saturated carbocycles. The Morgan fingerprint density at radius 3 is 2.64 bits per heavy atom. The first-order valence-corrected chi connectivity index (χ1v) is 7.06. The maximum absolute atomic E-state index is 13.2. The third-order valence-electron chi connectivity index (χ3n) is 3.23. The molecule has 1 aliphatic heterocycles. The fraction of sp³-hybridized carbons (Fsp3) is 0.400. The van der Waals surface area contributed by atoms with Crippen LogP contribution in [-0.2, 0) is 14.4 Å². The average molecular weight is 308 g/mol. The van der Waals surface area contributed by atoms with Gasteiger partial charge in [0.15, 0.2) is 0 Å². The van der Waals surface area contributed by atoms with E-state index in [1.165, 1.54) is 18.2 Å². The molecule has 22 heavy (non-hydrogen) atoms. The van der Waals surface area contributed by atoms with Crippen LogP contribution in [0.2, 0.25) is 0 Å². The molecule has 2 rings (SSSR count). The summed E-state index contributed by atoms with van der Waals surface area (Å²) in [7, 11) is 0. The molecule has 0 aliphatic carbocycles. The van der Waals surface area contributed by atoms with Crippen LogP contribution < -0.4 is 10.1 Å². The molecule has 0 unspecified atom stereocenters. The highest BCUT2D eigenvalue weighted by Crippen LogP contribution is 2.25. The molecule has 0 spiro atoms. The van der Waals surface area contributed by atoms with Crippen molar-refractivity contribution in [1.82, 2.24) is 4.90 Å². The third-order valence-corrected chi connectivity index (χ3v) is 3.23. The molecule has 6 nitrogen and oxygen atoms in total. The van der Waals surface area contributed by atoms with Crippen LogP contribution in [-0.4, -0.2) is 35.8 Å². The number of rotatable bonds is 6. The van der Waals surface area contributed by atoms with Gasteiger partial charge in [0.05, 0.1) is 12.3 Å². The number of carbonyl (C=O) groups is 3. The van der Waals surface area contributed by atoms with E-state index in [1.807, 2.05) is 0 Å². The van der Waals surface area contributed by atoms with Crippen LogP contribution in [0.5, 0.6) is 5.75 Å². The van der Waals surface area contributed by atoms with E-state index in [2.05, 4.69) is 5.32 Å². The van der Waals surface area contributed by atoms with Crippen molar-refractivity contribution in [3.63, 3.8) is 0 Å². The number of carbonyl (C=O) groups excluding carboxylic acids is 3. The normalized spacial score (nSPS) is 14.4. The molecule has 1 saturated heterocycles. The number of likely N-dealkylation sites (tertiary alicyclic amines) is 1. The lowest BCUT2D eigenvalue weighted by atomic mass is 10.2. The first kappa shape index (κ1) is 15.9. The summed E-state index contributed by atoms with van der Waals surface area (Å²) < 4.78 is 18.4. The van der Waals surface area contributed by atoms with E-state index < -0.39 is 5.82 Å². The second-order valence-electron chi connectivity index (χ2n) is 4.81. The molecule has 1 aromatic rings. The number of benzene rings is 1. The SMILES string of the molecule is CCOc1cc(F)ccc1NC(=O)CCN1C(=O)CCC1=O. The Balaban J connectivity index is 1.94. The first-order valence-electron chi connectivity index (χ1n) is 7.06. The molecule has 1 fully saturated rings. The minimum absolute atomic E-state index is 0.0135. The highest BCUT2D eigenvalue weighted by molar-refractivity contribution is 6.02. The summed E-state index contributed by atoms with van der Waals surface area (Å²) in [5.41, 5.74) is 0.354. The second-order valence-corrected chi connectivity index (χ2v) is 4.81. The zero-order valence-corrected chi connectivity index (χ0v) is 12.2. The molecule has 1 aromatic carbocycles. The van der Waals surface area contributed by atoms with Gasteiger partial charge < -0.3 is 10.1 Å². The average Bonchev–Trinajstić information content (AvgIpc) is 2.79. The van der Waals surface area contributed by atoms with Crippen molar-refractivity contribution in [2.24, 2.45) is 0 Å². The number of anilines is 1. The van der Waals surface area contributed by atoms with Gasteiger partial charge in [0.25, 0.3) is 0 Å². The lowest BCUT2D eigenvalue weighted by Gasteiger charge is -2.14. The van der Waals surface area contributed by atoms with E-state index in [0.29, 0.717) is 12.3 Å². The number of amides is 3. The minimum Gasteiger partial charge on any atom is -0.492 e. The number of halogens is 1. The molecule has 0 radical (unpaired) electrons. The Labute approximate surface area is 127 Å². The number of imide groups is 1. The van der Waals surface area contributed by atoms with Crippen LogP contribution in [0.15, 0.2) is 18.2 Å². The fourth-order valence-corrected chi connectivity index (χ4v) is 2.17. The van der Waals surface area contributed by atoms with Crippen molar-refractivity contribution in [1.29, 1.82) is 0 Å². The minimum atomic E-state index is -0.463. The monoisotopic (exact) mass is 308 g/mol. The van der Waals surface area contributed by atoms with Gasteiger partial charge in [-0.2, -0.15) is 0 Å². The topological polar surface area (TPSA) is 75.7 Å². The maximum Gasteiger partial charge on any atom is 0.229 e. The summed E-state index contributed by atoms with van der Waals surface area (Å²) in [6.45, 7) is 2.14. The zero-order chi connectivity index (χ0) is 16.1. The smallest absolute Gasteiger partial charge is 0.229 e. The molecule has 7 heteroatoms. The summed E-state index contributed by atoms with van der Waals surface area (Å²) in [6.07, 6.45) is 0.389. The zero-order valence-electron chi connectivity index (χ0n) is 12.2. The summed E-state index contributed by atoms with van der Waals surface area (Å²) in [4.78, 5) is 35.9. The molecule has 0 atom stereocenters. The molecule has 3 amide bonds. The lowest BCUT2D eigenvalue weighted by molar-refractivity contribution is -0.138. The standard InChI is InChI=1S/C15H17FN2O4/c1-2-22-12-9-10(16)3-4-11(12)17-13(19)7-8-18-14(20)5-6-15(18)21/h3-4,9H,2,5-8H2,1H3,(H,17,19). The van der Waals surface area contributed by atoms with Crippen molar-refractivity contribution < 1.29 is 23.5 Å². The quantitative estimate of drug-likeness (QED) is 0.812. The number of ether oxygens (including phenoxy) is 1. The highest BCUT2D eigenvalue weighted by atomic mass is 19.1. The number of nitrogens with one attached hydrogen (secondary N) is 1. The van der Waals surface area contributed by atoms with Crippen molar-refractivity contribution in [3.05, 3.63) is 24.0 Å². The molecule has 1 heterocycles. The largest absolute Gasteiger partial charge is 0.492 e. The van der Waals surface area contributed by atoms with E-state index in [-0.39, 0.29) is 49.3 Å². The Bertz CT molecular complexity index is 587. The fourth-order valence-electron chi connectivity index (χ4n) is 2.17. The molecular formula is C15H17FN2O4. The van der Waals surface area contributed by atoms with Crippen molar-refractivity contribution in [3.8, 4) is 5.75 Å². The van der Waals surface area contributed by atoms with Crippen molar-refractivity contribution >= 4 is 23.4 Å².